The van der Waals surface area contributed by atoms with Gasteiger partial charge in [-0.3, -0.25) is 9.63 Å². The Morgan fingerprint density at radius 2 is 1.78 bits per heavy atom. The lowest BCUT2D eigenvalue weighted by atomic mass is 10.0. The van der Waals surface area contributed by atoms with E-state index in [4.69, 9.17) is 4.74 Å². The second-order valence-corrected chi connectivity index (χ2v) is 5.50. The summed E-state index contributed by atoms with van der Waals surface area (Å²) in [5, 5.41) is 2.54. The Labute approximate surface area is 108 Å². The molecule has 0 radical (unpaired) electrons. The fourth-order valence-corrected chi connectivity index (χ4v) is 1.32. The predicted molar refractivity (Wildman–Crippen MR) is 67.8 cm³/mol. The standard InChI is InChI=1S/C12H24N2O4/c1-8(2)7-9(10(15)14-17-6)13-11(16)18-12(3,4)5/h8-9H,7H2,1-6H3,(H,13,16)(H,14,15)/t9-/m0/s1. The molecule has 0 aliphatic rings. The summed E-state index contributed by atoms with van der Waals surface area (Å²) in [4.78, 5) is 27.8. The van der Waals surface area contributed by atoms with Crippen LogP contribution >= 0.6 is 0 Å². The fraction of sp³-hybridized carbons (Fsp3) is 0.833. The number of hydrogen-bond acceptors (Lipinski definition) is 4. The summed E-state index contributed by atoms with van der Waals surface area (Å²) >= 11 is 0. The van der Waals surface area contributed by atoms with E-state index in [1.807, 2.05) is 13.8 Å². The molecule has 0 aromatic rings. The molecule has 106 valence electrons. The van der Waals surface area contributed by atoms with Crippen molar-refractivity contribution < 1.29 is 19.2 Å². The smallest absolute Gasteiger partial charge is 0.408 e. The van der Waals surface area contributed by atoms with Crippen molar-refractivity contribution in [3.8, 4) is 0 Å². The maximum atomic E-state index is 11.7. The zero-order valence-corrected chi connectivity index (χ0v) is 12.0. The highest BCUT2D eigenvalue weighted by molar-refractivity contribution is 5.84. The van der Waals surface area contributed by atoms with Crippen LogP contribution in [0.3, 0.4) is 0 Å². The zero-order valence-electron chi connectivity index (χ0n) is 12.0. The number of hydroxylamine groups is 1. The van der Waals surface area contributed by atoms with Gasteiger partial charge in [0.2, 0.25) is 0 Å². The molecule has 0 aromatic carbocycles. The van der Waals surface area contributed by atoms with Gasteiger partial charge < -0.3 is 10.1 Å². The summed E-state index contributed by atoms with van der Waals surface area (Å²) in [6.45, 7) is 9.21. The summed E-state index contributed by atoms with van der Waals surface area (Å²) in [7, 11) is 1.35. The van der Waals surface area contributed by atoms with Crippen molar-refractivity contribution in [2.75, 3.05) is 7.11 Å². The first-order valence-electron chi connectivity index (χ1n) is 5.98. The number of carbonyl (C=O) groups is 2. The van der Waals surface area contributed by atoms with Gasteiger partial charge in [0.05, 0.1) is 7.11 Å². The van der Waals surface area contributed by atoms with Crippen molar-refractivity contribution >= 4 is 12.0 Å². The number of hydrogen-bond donors (Lipinski definition) is 2. The molecule has 6 nitrogen and oxygen atoms in total. The minimum Gasteiger partial charge on any atom is -0.444 e. The van der Waals surface area contributed by atoms with Crippen molar-refractivity contribution in [3.05, 3.63) is 0 Å². The minimum atomic E-state index is -0.667. The van der Waals surface area contributed by atoms with E-state index >= 15 is 0 Å². The molecule has 0 saturated carbocycles. The number of ether oxygens (including phenoxy) is 1. The van der Waals surface area contributed by atoms with Crippen LogP contribution in [0, 0.1) is 5.92 Å². The molecule has 0 unspecified atom stereocenters. The van der Waals surface area contributed by atoms with Crippen molar-refractivity contribution in [1.29, 1.82) is 0 Å². The fourth-order valence-electron chi connectivity index (χ4n) is 1.32. The van der Waals surface area contributed by atoms with Crippen LogP contribution in [0.4, 0.5) is 4.79 Å². The van der Waals surface area contributed by atoms with Gasteiger partial charge in [0.25, 0.3) is 5.91 Å². The topological polar surface area (TPSA) is 76.7 Å². The second kappa shape index (κ2) is 7.20. The van der Waals surface area contributed by atoms with Gasteiger partial charge in [-0.05, 0) is 33.1 Å². The Kier molecular flexibility index (Phi) is 6.68. The lowest BCUT2D eigenvalue weighted by molar-refractivity contribution is -0.133. The summed E-state index contributed by atoms with van der Waals surface area (Å²) in [6, 6.07) is -0.667. The molecule has 0 aromatic heterocycles. The van der Waals surface area contributed by atoms with Gasteiger partial charge in [-0.25, -0.2) is 10.3 Å². The molecule has 18 heavy (non-hydrogen) atoms. The predicted octanol–water partition coefficient (Wildman–Crippen LogP) is 1.60. The van der Waals surface area contributed by atoms with Gasteiger partial charge in [0.1, 0.15) is 11.6 Å². The highest BCUT2D eigenvalue weighted by Gasteiger charge is 2.24. The van der Waals surface area contributed by atoms with Crippen molar-refractivity contribution in [3.63, 3.8) is 0 Å². The number of rotatable bonds is 5. The first kappa shape index (κ1) is 16.7. The largest absolute Gasteiger partial charge is 0.444 e. The van der Waals surface area contributed by atoms with E-state index in [1.54, 1.807) is 20.8 Å². The summed E-state index contributed by atoms with van der Waals surface area (Å²) < 4.78 is 5.11. The minimum absolute atomic E-state index is 0.257. The molecule has 0 fully saturated rings. The van der Waals surface area contributed by atoms with Crippen LogP contribution in [0.15, 0.2) is 0 Å². The highest BCUT2D eigenvalue weighted by Crippen LogP contribution is 2.09. The Morgan fingerprint density at radius 1 is 1.22 bits per heavy atom. The molecule has 2 N–H and O–H groups in total. The average Bonchev–Trinajstić information content (AvgIpc) is 2.13. The molecule has 2 amide bonds. The van der Waals surface area contributed by atoms with Crippen LogP contribution in [0.5, 0.6) is 0 Å². The van der Waals surface area contributed by atoms with Gasteiger partial charge in [0, 0.05) is 0 Å². The van der Waals surface area contributed by atoms with E-state index in [2.05, 4.69) is 15.6 Å². The van der Waals surface area contributed by atoms with Crippen LogP contribution in [0.1, 0.15) is 41.0 Å². The van der Waals surface area contributed by atoms with E-state index < -0.39 is 23.6 Å². The third-order valence-corrected chi connectivity index (χ3v) is 1.92. The van der Waals surface area contributed by atoms with Gasteiger partial charge in [-0.2, -0.15) is 0 Å². The Morgan fingerprint density at radius 3 is 2.17 bits per heavy atom. The highest BCUT2D eigenvalue weighted by atomic mass is 16.6. The van der Waals surface area contributed by atoms with Crippen LogP contribution in [0.2, 0.25) is 0 Å². The number of alkyl carbamates (subject to hydrolysis) is 1. The molecule has 1 atom stereocenters. The molecule has 0 spiro atoms. The first-order valence-corrected chi connectivity index (χ1v) is 5.98. The molecule has 0 rings (SSSR count). The van der Waals surface area contributed by atoms with Crippen LogP contribution in [0.25, 0.3) is 0 Å². The van der Waals surface area contributed by atoms with Crippen molar-refractivity contribution in [2.24, 2.45) is 5.92 Å². The van der Waals surface area contributed by atoms with Gasteiger partial charge >= 0.3 is 6.09 Å². The SMILES string of the molecule is CONC(=O)[C@H](CC(C)C)NC(=O)OC(C)(C)C. The Balaban J connectivity index is 4.49. The number of amides is 2. The van der Waals surface area contributed by atoms with E-state index in [9.17, 15) is 9.59 Å². The molecule has 0 saturated heterocycles. The number of carbonyl (C=O) groups excluding carboxylic acids is 2. The molecule has 0 aliphatic heterocycles. The van der Waals surface area contributed by atoms with E-state index in [-0.39, 0.29) is 5.92 Å². The van der Waals surface area contributed by atoms with Crippen molar-refractivity contribution in [1.82, 2.24) is 10.8 Å². The number of nitrogens with one attached hydrogen (secondary N) is 2. The lowest BCUT2D eigenvalue weighted by Crippen LogP contribution is -2.48. The maximum Gasteiger partial charge on any atom is 0.408 e. The molecule has 0 heterocycles. The summed E-state index contributed by atoms with van der Waals surface area (Å²) in [5.74, 6) is -0.135. The van der Waals surface area contributed by atoms with Crippen LogP contribution in [-0.2, 0) is 14.4 Å². The Bertz CT molecular complexity index is 284. The quantitative estimate of drug-likeness (QED) is 0.736. The summed E-state index contributed by atoms with van der Waals surface area (Å²) in [6.07, 6.45) is -0.103. The van der Waals surface area contributed by atoms with Gasteiger partial charge in [0.15, 0.2) is 0 Å². The van der Waals surface area contributed by atoms with Gasteiger partial charge in [-0.15, -0.1) is 0 Å². The molecule has 6 heteroatoms. The van der Waals surface area contributed by atoms with E-state index in [0.29, 0.717) is 6.42 Å². The lowest BCUT2D eigenvalue weighted by Gasteiger charge is -2.23. The van der Waals surface area contributed by atoms with Crippen LogP contribution < -0.4 is 10.8 Å². The van der Waals surface area contributed by atoms with Crippen LogP contribution in [-0.4, -0.2) is 30.8 Å². The first-order chi connectivity index (χ1) is 8.15. The van der Waals surface area contributed by atoms with E-state index in [0.717, 1.165) is 0 Å². The third kappa shape index (κ3) is 7.89. The molecule has 0 aliphatic carbocycles. The third-order valence-electron chi connectivity index (χ3n) is 1.92. The molecular weight excluding hydrogens is 236 g/mol. The second-order valence-electron chi connectivity index (χ2n) is 5.50. The average molecular weight is 260 g/mol. The monoisotopic (exact) mass is 260 g/mol. The van der Waals surface area contributed by atoms with Gasteiger partial charge in [-0.1, -0.05) is 13.8 Å². The zero-order chi connectivity index (χ0) is 14.3. The molecular formula is C12H24N2O4. The van der Waals surface area contributed by atoms with Crippen molar-refractivity contribution in [2.45, 2.75) is 52.7 Å². The molecule has 0 bridgehead atoms. The maximum absolute atomic E-state index is 11.7. The Hall–Kier alpha value is -1.30. The van der Waals surface area contributed by atoms with E-state index in [1.165, 1.54) is 7.11 Å². The normalized spacial score (nSPS) is 13.1. The summed E-state index contributed by atoms with van der Waals surface area (Å²) in [5.41, 5.74) is 1.62.